The topological polar surface area (TPSA) is 29.3 Å². The largest absolute Gasteiger partial charge is 0.327 e. The molecule has 0 aromatic carbocycles. The Balaban J connectivity index is 2.01. The number of likely N-dealkylation sites (tertiary alicyclic amines) is 1. The summed E-state index contributed by atoms with van der Waals surface area (Å²) in [6, 6.07) is 0.505. The zero-order chi connectivity index (χ0) is 10.4. The predicted molar refractivity (Wildman–Crippen MR) is 60.2 cm³/mol. The highest BCUT2D eigenvalue weighted by molar-refractivity contribution is 5.12. The van der Waals surface area contributed by atoms with Gasteiger partial charge in [0.1, 0.15) is 0 Å². The lowest BCUT2D eigenvalue weighted by atomic mass is 9.93. The first-order valence-corrected chi connectivity index (χ1v) is 6.07. The van der Waals surface area contributed by atoms with Gasteiger partial charge in [-0.25, -0.2) is 0 Å². The van der Waals surface area contributed by atoms with Crippen molar-refractivity contribution in [2.45, 2.75) is 58.0 Å². The van der Waals surface area contributed by atoms with E-state index in [-0.39, 0.29) is 0 Å². The van der Waals surface area contributed by atoms with Crippen molar-refractivity contribution in [3.8, 4) is 0 Å². The maximum absolute atomic E-state index is 6.02. The average molecular weight is 196 g/mol. The second kappa shape index (κ2) is 3.21. The minimum Gasteiger partial charge on any atom is -0.327 e. The van der Waals surface area contributed by atoms with E-state index in [1.165, 1.54) is 38.8 Å². The van der Waals surface area contributed by atoms with Crippen LogP contribution in [0.25, 0.3) is 0 Å². The summed E-state index contributed by atoms with van der Waals surface area (Å²) in [5.41, 5.74) is 6.98. The number of rotatable bonds is 3. The highest BCUT2D eigenvalue weighted by atomic mass is 15.2. The van der Waals surface area contributed by atoms with E-state index < -0.39 is 0 Å². The summed E-state index contributed by atoms with van der Waals surface area (Å²) in [6.07, 6.45) is 5.13. The molecule has 2 unspecified atom stereocenters. The molecule has 1 spiro atoms. The van der Waals surface area contributed by atoms with E-state index in [4.69, 9.17) is 5.73 Å². The summed E-state index contributed by atoms with van der Waals surface area (Å²) < 4.78 is 0. The third-order valence-electron chi connectivity index (χ3n) is 4.93. The van der Waals surface area contributed by atoms with Crippen LogP contribution < -0.4 is 5.73 Å². The van der Waals surface area contributed by atoms with Gasteiger partial charge in [-0.2, -0.15) is 0 Å². The normalized spacial score (nSPS) is 38.1. The number of hydrogen-bond donors (Lipinski definition) is 1. The Bertz CT molecular complexity index is 222. The van der Waals surface area contributed by atoms with Crippen LogP contribution in [-0.4, -0.2) is 29.6 Å². The van der Waals surface area contributed by atoms with Crippen LogP contribution in [0.4, 0.5) is 0 Å². The zero-order valence-corrected chi connectivity index (χ0v) is 9.84. The van der Waals surface area contributed by atoms with Crippen LogP contribution in [0.3, 0.4) is 0 Å². The minimum absolute atomic E-state index is 0.422. The molecule has 14 heavy (non-hydrogen) atoms. The summed E-state index contributed by atoms with van der Waals surface area (Å²) in [7, 11) is 0. The Labute approximate surface area is 87.8 Å². The Kier molecular flexibility index (Phi) is 2.39. The van der Waals surface area contributed by atoms with Gasteiger partial charge in [0.05, 0.1) is 0 Å². The molecule has 1 heterocycles. The molecule has 0 bridgehead atoms. The molecule has 0 aromatic rings. The van der Waals surface area contributed by atoms with Crippen molar-refractivity contribution in [2.24, 2.45) is 11.1 Å². The fourth-order valence-corrected chi connectivity index (χ4v) is 2.90. The van der Waals surface area contributed by atoms with Crippen molar-refractivity contribution in [2.75, 3.05) is 13.1 Å². The molecule has 1 saturated heterocycles. The summed E-state index contributed by atoms with van der Waals surface area (Å²) >= 11 is 0. The molecule has 2 nitrogen and oxygen atoms in total. The van der Waals surface area contributed by atoms with Crippen molar-refractivity contribution in [1.82, 2.24) is 4.90 Å². The van der Waals surface area contributed by atoms with Crippen LogP contribution in [0.2, 0.25) is 0 Å². The quantitative estimate of drug-likeness (QED) is 0.748. The van der Waals surface area contributed by atoms with Crippen LogP contribution in [0, 0.1) is 5.41 Å². The molecule has 2 rings (SSSR count). The van der Waals surface area contributed by atoms with Crippen molar-refractivity contribution in [3.63, 3.8) is 0 Å². The van der Waals surface area contributed by atoms with Crippen molar-refractivity contribution in [1.29, 1.82) is 0 Å². The first-order valence-electron chi connectivity index (χ1n) is 6.07. The van der Waals surface area contributed by atoms with Crippen molar-refractivity contribution >= 4 is 0 Å². The Morgan fingerprint density at radius 2 is 2.00 bits per heavy atom. The van der Waals surface area contributed by atoms with E-state index in [9.17, 15) is 0 Å². The number of nitrogens with zero attached hydrogens (tertiary/aromatic N) is 1. The van der Waals surface area contributed by atoms with Gasteiger partial charge < -0.3 is 5.73 Å². The fraction of sp³-hybridized carbons (Fsp3) is 1.00. The van der Waals surface area contributed by atoms with Gasteiger partial charge in [0.2, 0.25) is 0 Å². The molecular formula is C12H24N2. The van der Waals surface area contributed by atoms with E-state index in [2.05, 4.69) is 25.7 Å². The zero-order valence-electron chi connectivity index (χ0n) is 9.84. The lowest BCUT2D eigenvalue weighted by Crippen LogP contribution is -2.44. The van der Waals surface area contributed by atoms with Crippen LogP contribution in [0.5, 0.6) is 0 Å². The SMILES string of the molecule is CCC(C)(CC)N1CCC2(CC2N)C1. The van der Waals surface area contributed by atoms with Crippen LogP contribution >= 0.6 is 0 Å². The first-order chi connectivity index (χ1) is 6.56. The van der Waals surface area contributed by atoms with Gasteiger partial charge in [-0.1, -0.05) is 13.8 Å². The lowest BCUT2D eigenvalue weighted by Gasteiger charge is -2.37. The van der Waals surface area contributed by atoms with Crippen LogP contribution in [-0.2, 0) is 0 Å². The monoisotopic (exact) mass is 196 g/mol. The van der Waals surface area contributed by atoms with E-state index >= 15 is 0 Å². The molecule has 2 N–H and O–H groups in total. The van der Waals surface area contributed by atoms with Crippen LogP contribution in [0.15, 0.2) is 0 Å². The molecule has 2 atom stereocenters. The molecule has 82 valence electrons. The Morgan fingerprint density at radius 3 is 2.36 bits per heavy atom. The van der Waals surface area contributed by atoms with E-state index in [0.717, 1.165) is 0 Å². The molecule has 2 fully saturated rings. The van der Waals surface area contributed by atoms with Gasteiger partial charge in [0, 0.05) is 23.5 Å². The number of nitrogens with two attached hydrogens (primary N) is 1. The van der Waals surface area contributed by atoms with Gasteiger partial charge in [0.15, 0.2) is 0 Å². The molecule has 1 saturated carbocycles. The molecule has 1 aliphatic carbocycles. The molecule has 0 radical (unpaired) electrons. The second-order valence-electron chi connectivity index (χ2n) is 5.55. The van der Waals surface area contributed by atoms with Gasteiger partial charge in [-0.15, -0.1) is 0 Å². The third-order valence-corrected chi connectivity index (χ3v) is 4.93. The van der Waals surface area contributed by atoms with Gasteiger partial charge in [0.25, 0.3) is 0 Å². The summed E-state index contributed by atoms with van der Waals surface area (Å²) in [5, 5.41) is 0. The highest BCUT2D eigenvalue weighted by Crippen LogP contribution is 2.53. The fourth-order valence-electron chi connectivity index (χ4n) is 2.90. The lowest BCUT2D eigenvalue weighted by molar-refractivity contribution is 0.118. The summed E-state index contributed by atoms with van der Waals surface area (Å²) in [6.45, 7) is 9.54. The number of hydrogen-bond acceptors (Lipinski definition) is 2. The van der Waals surface area contributed by atoms with E-state index in [1.807, 2.05) is 0 Å². The molecule has 1 aliphatic heterocycles. The Hall–Kier alpha value is -0.0800. The van der Waals surface area contributed by atoms with Crippen molar-refractivity contribution < 1.29 is 0 Å². The standard InChI is InChI=1S/C12H24N2/c1-4-11(3,5-2)14-7-6-12(9-14)8-10(12)13/h10H,4-9,13H2,1-3H3. The van der Waals surface area contributed by atoms with Crippen molar-refractivity contribution in [3.05, 3.63) is 0 Å². The second-order valence-corrected chi connectivity index (χ2v) is 5.55. The third kappa shape index (κ3) is 1.40. The van der Waals surface area contributed by atoms with E-state index in [0.29, 0.717) is 17.0 Å². The molecule has 0 amide bonds. The molecular weight excluding hydrogens is 172 g/mol. The summed E-state index contributed by atoms with van der Waals surface area (Å²) in [4.78, 5) is 2.68. The summed E-state index contributed by atoms with van der Waals surface area (Å²) in [5.74, 6) is 0. The minimum atomic E-state index is 0.422. The average Bonchev–Trinajstić information content (AvgIpc) is 2.64. The van der Waals surface area contributed by atoms with E-state index in [1.54, 1.807) is 0 Å². The molecule has 0 aromatic heterocycles. The van der Waals surface area contributed by atoms with Gasteiger partial charge in [-0.05, 0) is 39.2 Å². The first kappa shape index (κ1) is 10.4. The maximum atomic E-state index is 6.02. The molecule has 2 heteroatoms. The maximum Gasteiger partial charge on any atom is 0.0176 e. The predicted octanol–water partition coefficient (Wildman–Crippen LogP) is 1.99. The smallest absolute Gasteiger partial charge is 0.0176 e. The molecule has 2 aliphatic rings. The van der Waals surface area contributed by atoms with Gasteiger partial charge in [-0.3, -0.25) is 4.90 Å². The van der Waals surface area contributed by atoms with Gasteiger partial charge >= 0.3 is 0 Å². The Morgan fingerprint density at radius 1 is 1.43 bits per heavy atom. The van der Waals surface area contributed by atoms with Crippen LogP contribution in [0.1, 0.15) is 46.5 Å². The highest BCUT2D eigenvalue weighted by Gasteiger charge is 2.57.